The second kappa shape index (κ2) is 5.28. The summed E-state index contributed by atoms with van der Waals surface area (Å²) in [7, 11) is 0. The highest BCUT2D eigenvalue weighted by Gasteiger charge is 2.16. The molecule has 3 nitrogen and oxygen atoms in total. The van der Waals surface area contributed by atoms with Crippen molar-refractivity contribution in [1.29, 1.82) is 0 Å². The topological polar surface area (TPSA) is 39.4 Å². The Morgan fingerprint density at radius 1 is 1.17 bits per heavy atom. The fraction of sp³-hybridized carbons (Fsp3) is 0.154. The maximum Gasteiger partial charge on any atom is 0.379 e. The Morgan fingerprint density at radius 2 is 1.78 bits per heavy atom. The minimum atomic E-state index is -0.505. The van der Waals surface area contributed by atoms with E-state index in [0.717, 1.165) is 15.6 Å². The van der Waals surface area contributed by atoms with Gasteiger partial charge in [-0.15, -0.1) is 0 Å². The van der Waals surface area contributed by atoms with E-state index in [1.165, 1.54) is 0 Å². The van der Waals surface area contributed by atoms with Crippen LogP contribution in [0.15, 0.2) is 37.8 Å². The Balaban J connectivity index is 2.27. The maximum absolute atomic E-state index is 11.9. The first-order valence-corrected chi connectivity index (χ1v) is 6.80. The van der Waals surface area contributed by atoms with Crippen LogP contribution in [0.1, 0.15) is 21.7 Å². The zero-order valence-corrected chi connectivity index (χ0v) is 13.0. The van der Waals surface area contributed by atoms with Gasteiger partial charge in [-0.05, 0) is 65.2 Å². The minimum Gasteiger partial charge on any atom is -0.442 e. The number of carbonyl (C=O) groups is 1. The zero-order valence-electron chi connectivity index (χ0n) is 9.79. The molecule has 1 aromatic carbocycles. The summed E-state index contributed by atoms with van der Waals surface area (Å²) in [4.78, 5) is 11.9. The lowest BCUT2D eigenvalue weighted by Crippen LogP contribution is -2.09. The number of aryl methyl sites for hydroxylation is 2. The van der Waals surface area contributed by atoms with Crippen LogP contribution in [0, 0.1) is 13.8 Å². The number of esters is 1. The molecule has 18 heavy (non-hydrogen) atoms. The molecule has 1 heterocycles. The van der Waals surface area contributed by atoms with Gasteiger partial charge in [-0.2, -0.15) is 0 Å². The number of halogens is 2. The number of rotatable bonds is 2. The number of hydrogen-bond donors (Lipinski definition) is 0. The molecule has 0 fully saturated rings. The lowest BCUT2D eigenvalue weighted by molar-refractivity contribution is 0.0697. The molecule has 94 valence electrons. The Bertz CT molecular complexity index is 579. The van der Waals surface area contributed by atoms with E-state index in [2.05, 4.69) is 31.9 Å². The van der Waals surface area contributed by atoms with E-state index in [1.807, 2.05) is 26.0 Å². The van der Waals surface area contributed by atoms with Gasteiger partial charge >= 0.3 is 5.97 Å². The van der Waals surface area contributed by atoms with E-state index in [-0.39, 0.29) is 5.76 Å². The van der Waals surface area contributed by atoms with Gasteiger partial charge < -0.3 is 9.15 Å². The van der Waals surface area contributed by atoms with E-state index in [1.54, 1.807) is 12.1 Å². The molecule has 0 saturated carbocycles. The summed E-state index contributed by atoms with van der Waals surface area (Å²) in [6, 6.07) is 7.01. The standard InChI is InChI=1S/C13H10Br2O3/c1-7-5-9(14)6-8(2)12(7)18-13(16)10-3-4-11(15)17-10/h3-6H,1-2H3. The van der Waals surface area contributed by atoms with E-state index in [0.29, 0.717) is 10.4 Å². The Labute approximate surface area is 121 Å². The van der Waals surface area contributed by atoms with Crippen LogP contribution < -0.4 is 4.74 Å². The molecule has 0 atom stereocenters. The van der Waals surface area contributed by atoms with Crippen LogP contribution in [0.5, 0.6) is 5.75 Å². The molecule has 0 spiro atoms. The summed E-state index contributed by atoms with van der Waals surface area (Å²) in [6.45, 7) is 3.77. The normalized spacial score (nSPS) is 10.4. The van der Waals surface area contributed by atoms with Gasteiger partial charge in [0.2, 0.25) is 5.76 Å². The number of furan rings is 1. The first-order chi connectivity index (χ1) is 8.47. The van der Waals surface area contributed by atoms with Crippen LogP contribution >= 0.6 is 31.9 Å². The van der Waals surface area contributed by atoms with Crippen molar-refractivity contribution in [2.75, 3.05) is 0 Å². The first-order valence-electron chi connectivity index (χ1n) is 5.21. The van der Waals surface area contributed by atoms with Gasteiger partial charge in [0.15, 0.2) is 4.67 Å². The highest BCUT2D eigenvalue weighted by atomic mass is 79.9. The summed E-state index contributed by atoms with van der Waals surface area (Å²) in [5.74, 6) is 0.230. The molecule has 2 aromatic rings. The smallest absolute Gasteiger partial charge is 0.379 e. The van der Waals surface area contributed by atoms with Crippen molar-refractivity contribution < 1.29 is 13.9 Å². The number of ether oxygens (including phenoxy) is 1. The van der Waals surface area contributed by atoms with Gasteiger partial charge in [-0.3, -0.25) is 0 Å². The second-order valence-electron chi connectivity index (χ2n) is 3.86. The molecule has 0 amide bonds. The fourth-order valence-electron chi connectivity index (χ4n) is 1.63. The minimum absolute atomic E-state index is 0.170. The van der Waals surface area contributed by atoms with Crippen molar-refractivity contribution in [3.8, 4) is 5.75 Å². The van der Waals surface area contributed by atoms with Crippen LogP contribution in [-0.4, -0.2) is 5.97 Å². The van der Waals surface area contributed by atoms with Crippen molar-refractivity contribution >= 4 is 37.8 Å². The third-order valence-electron chi connectivity index (χ3n) is 2.39. The maximum atomic E-state index is 11.9. The Morgan fingerprint density at radius 3 is 2.28 bits per heavy atom. The van der Waals surface area contributed by atoms with Crippen LogP contribution in [0.3, 0.4) is 0 Å². The molecule has 2 rings (SSSR count). The van der Waals surface area contributed by atoms with E-state index in [4.69, 9.17) is 9.15 Å². The van der Waals surface area contributed by atoms with E-state index < -0.39 is 5.97 Å². The zero-order chi connectivity index (χ0) is 13.3. The van der Waals surface area contributed by atoms with Crippen LogP contribution in [0.4, 0.5) is 0 Å². The molecule has 1 aromatic heterocycles. The average Bonchev–Trinajstić information content (AvgIpc) is 2.70. The molecule has 5 heteroatoms. The van der Waals surface area contributed by atoms with Crippen LogP contribution in [0.25, 0.3) is 0 Å². The van der Waals surface area contributed by atoms with Gasteiger partial charge in [0.05, 0.1) is 0 Å². The summed E-state index contributed by atoms with van der Waals surface area (Å²) in [6.07, 6.45) is 0. The quantitative estimate of drug-likeness (QED) is 0.568. The van der Waals surface area contributed by atoms with Gasteiger partial charge in [0.25, 0.3) is 0 Å². The van der Waals surface area contributed by atoms with E-state index in [9.17, 15) is 4.79 Å². The number of benzene rings is 1. The lowest BCUT2D eigenvalue weighted by Gasteiger charge is -2.10. The van der Waals surface area contributed by atoms with Crippen molar-refractivity contribution in [1.82, 2.24) is 0 Å². The second-order valence-corrected chi connectivity index (χ2v) is 5.56. The molecule has 0 aliphatic carbocycles. The Hall–Kier alpha value is -1.07. The molecule has 0 aliphatic rings. The third kappa shape index (κ3) is 2.84. The van der Waals surface area contributed by atoms with Gasteiger partial charge in [0.1, 0.15) is 5.75 Å². The van der Waals surface area contributed by atoms with Gasteiger partial charge in [-0.1, -0.05) is 15.9 Å². The van der Waals surface area contributed by atoms with Crippen molar-refractivity contribution in [3.05, 3.63) is 50.3 Å². The van der Waals surface area contributed by atoms with Crippen molar-refractivity contribution in [2.45, 2.75) is 13.8 Å². The molecule has 0 N–H and O–H groups in total. The molecule has 0 unspecified atom stereocenters. The van der Waals surface area contributed by atoms with E-state index >= 15 is 0 Å². The van der Waals surface area contributed by atoms with Crippen molar-refractivity contribution in [2.24, 2.45) is 0 Å². The summed E-state index contributed by atoms with van der Waals surface area (Å²) in [5, 5.41) is 0. The van der Waals surface area contributed by atoms with Crippen molar-refractivity contribution in [3.63, 3.8) is 0 Å². The number of hydrogen-bond acceptors (Lipinski definition) is 3. The molecule has 0 bridgehead atoms. The average molecular weight is 374 g/mol. The van der Waals surface area contributed by atoms with Crippen LogP contribution in [0.2, 0.25) is 0 Å². The summed E-state index contributed by atoms with van der Waals surface area (Å²) < 4.78 is 12.0. The van der Waals surface area contributed by atoms with Gasteiger partial charge in [0, 0.05) is 4.47 Å². The predicted molar refractivity (Wildman–Crippen MR) is 75.0 cm³/mol. The fourth-order valence-corrected chi connectivity index (χ4v) is 2.62. The number of carbonyl (C=O) groups excluding carboxylic acids is 1. The summed E-state index contributed by atoms with van der Waals surface area (Å²) in [5.41, 5.74) is 1.78. The SMILES string of the molecule is Cc1cc(Br)cc(C)c1OC(=O)c1ccc(Br)o1. The predicted octanol–water partition coefficient (Wildman–Crippen LogP) is 4.64. The highest BCUT2D eigenvalue weighted by molar-refractivity contribution is 9.10. The lowest BCUT2D eigenvalue weighted by atomic mass is 10.1. The molecular formula is C13H10Br2O3. The van der Waals surface area contributed by atoms with Gasteiger partial charge in [-0.25, -0.2) is 4.79 Å². The molecular weight excluding hydrogens is 364 g/mol. The van der Waals surface area contributed by atoms with Crippen LogP contribution in [-0.2, 0) is 0 Å². The molecule has 0 saturated heterocycles. The molecule has 0 radical (unpaired) electrons. The highest BCUT2D eigenvalue weighted by Crippen LogP contribution is 2.28. The first kappa shape index (κ1) is 13.4. The summed E-state index contributed by atoms with van der Waals surface area (Å²) >= 11 is 6.54. The molecule has 0 aliphatic heterocycles. The largest absolute Gasteiger partial charge is 0.442 e. The third-order valence-corrected chi connectivity index (χ3v) is 3.28. The monoisotopic (exact) mass is 372 g/mol. The Kier molecular flexibility index (Phi) is 3.92.